The molecule has 0 bridgehead atoms. The standard InChI is InChI=1S/C13H17NO5S/c1-18-13(15)3-2-8-20(16,17)14-11-4-5-12-10(9-11)6-7-19-12/h4-5,9,14H,2-3,6-8H2,1H3. The first-order chi connectivity index (χ1) is 9.50. The molecular weight excluding hydrogens is 282 g/mol. The molecule has 0 atom stereocenters. The molecule has 0 aromatic heterocycles. The molecule has 1 aromatic rings. The van der Waals surface area contributed by atoms with E-state index in [1.165, 1.54) is 7.11 Å². The Bertz CT molecular complexity index is 597. The molecule has 1 aromatic carbocycles. The summed E-state index contributed by atoms with van der Waals surface area (Å²) in [7, 11) is -2.18. The number of anilines is 1. The zero-order valence-corrected chi connectivity index (χ0v) is 12.0. The minimum atomic E-state index is -3.45. The number of carbonyl (C=O) groups is 1. The van der Waals surface area contributed by atoms with Gasteiger partial charge in [0.1, 0.15) is 5.75 Å². The molecule has 1 heterocycles. The summed E-state index contributed by atoms with van der Waals surface area (Å²) in [5.74, 6) is 0.281. The van der Waals surface area contributed by atoms with Gasteiger partial charge >= 0.3 is 5.97 Å². The molecule has 1 aliphatic heterocycles. The van der Waals surface area contributed by atoms with Crippen molar-refractivity contribution in [3.63, 3.8) is 0 Å². The van der Waals surface area contributed by atoms with Gasteiger partial charge in [0.25, 0.3) is 0 Å². The van der Waals surface area contributed by atoms with Crippen LogP contribution in [0.15, 0.2) is 18.2 Å². The number of esters is 1. The van der Waals surface area contributed by atoms with E-state index in [-0.39, 0.29) is 18.6 Å². The maximum Gasteiger partial charge on any atom is 0.305 e. The first-order valence-electron chi connectivity index (χ1n) is 6.33. The molecule has 7 heteroatoms. The van der Waals surface area contributed by atoms with E-state index in [0.29, 0.717) is 12.3 Å². The van der Waals surface area contributed by atoms with Crippen molar-refractivity contribution in [1.82, 2.24) is 0 Å². The summed E-state index contributed by atoms with van der Waals surface area (Å²) in [6.45, 7) is 0.630. The maximum absolute atomic E-state index is 11.9. The van der Waals surface area contributed by atoms with Crippen LogP contribution in [-0.4, -0.2) is 33.9 Å². The molecular formula is C13H17NO5S. The summed E-state index contributed by atoms with van der Waals surface area (Å²) in [5.41, 5.74) is 1.52. The normalized spacial score (nSPS) is 13.4. The number of methoxy groups -OCH3 is 1. The first-order valence-corrected chi connectivity index (χ1v) is 7.98. The Morgan fingerprint density at radius 3 is 3.00 bits per heavy atom. The molecule has 6 nitrogen and oxygen atoms in total. The van der Waals surface area contributed by atoms with Crippen molar-refractivity contribution in [3.05, 3.63) is 23.8 Å². The van der Waals surface area contributed by atoms with Crippen molar-refractivity contribution in [2.75, 3.05) is 24.2 Å². The Kier molecular flexibility index (Phi) is 4.49. The highest BCUT2D eigenvalue weighted by atomic mass is 32.2. The van der Waals surface area contributed by atoms with E-state index in [1.807, 2.05) is 0 Å². The lowest BCUT2D eigenvalue weighted by atomic mass is 10.1. The number of ether oxygens (including phenoxy) is 2. The fourth-order valence-corrected chi connectivity index (χ4v) is 3.10. The van der Waals surface area contributed by atoms with Crippen LogP contribution in [0.25, 0.3) is 0 Å². The number of carbonyl (C=O) groups excluding carboxylic acids is 1. The summed E-state index contributed by atoms with van der Waals surface area (Å²) < 4.78 is 36.1. The van der Waals surface area contributed by atoms with Gasteiger partial charge in [-0.2, -0.15) is 0 Å². The third kappa shape index (κ3) is 3.86. The molecule has 110 valence electrons. The summed E-state index contributed by atoms with van der Waals surface area (Å²) in [4.78, 5) is 10.9. The molecule has 0 fully saturated rings. The van der Waals surface area contributed by atoms with Gasteiger partial charge in [-0.05, 0) is 30.2 Å². The van der Waals surface area contributed by atoms with Crippen molar-refractivity contribution < 1.29 is 22.7 Å². The Balaban J connectivity index is 1.93. The molecule has 0 spiro atoms. The first kappa shape index (κ1) is 14.6. The quantitative estimate of drug-likeness (QED) is 0.801. The fourth-order valence-electron chi connectivity index (χ4n) is 1.99. The van der Waals surface area contributed by atoms with E-state index in [4.69, 9.17) is 4.74 Å². The molecule has 0 radical (unpaired) electrons. The lowest BCUT2D eigenvalue weighted by Crippen LogP contribution is -2.17. The largest absolute Gasteiger partial charge is 0.493 e. The van der Waals surface area contributed by atoms with E-state index in [1.54, 1.807) is 18.2 Å². The number of sulfonamides is 1. The van der Waals surface area contributed by atoms with E-state index in [2.05, 4.69) is 9.46 Å². The molecule has 2 rings (SSSR count). The van der Waals surface area contributed by atoms with Crippen LogP contribution >= 0.6 is 0 Å². The minimum Gasteiger partial charge on any atom is -0.493 e. The van der Waals surface area contributed by atoms with Crippen LogP contribution in [0.5, 0.6) is 5.75 Å². The van der Waals surface area contributed by atoms with Crippen molar-refractivity contribution >= 4 is 21.7 Å². The van der Waals surface area contributed by atoms with Gasteiger partial charge in [0.05, 0.1) is 19.5 Å². The van der Waals surface area contributed by atoms with Gasteiger partial charge in [0.15, 0.2) is 0 Å². The number of nitrogens with one attached hydrogen (secondary N) is 1. The number of fused-ring (bicyclic) bond motifs is 1. The SMILES string of the molecule is COC(=O)CCCS(=O)(=O)Nc1ccc2c(c1)CCO2. The van der Waals surface area contributed by atoms with Crippen LogP contribution in [0, 0.1) is 0 Å². The summed E-state index contributed by atoms with van der Waals surface area (Å²) in [5, 5.41) is 0. The van der Waals surface area contributed by atoms with Crippen LogP contribution in [-0.2, 0) is 26.0 Å². The third-order valence-electron chi connectivity index (χ3n) is 2.98. The Morgan fingerprint density at radius 1 is 1.45 bits per heavy atom. The predicted octanol–water partition coefficient (Wildman–Crippen LogP) is 1.32. The van der Waals surface area contributed by atoms with Gasteiger partial charge in [0, 0.05) is 18.5 Å². The Morgan fingerprint density at radius 2 is 2.25 bits per heavy atom. The minimum absolute atomic E-state index is 0.0927. The number of hydrogen-bond acceptors (Lipinski definition) is 5. The zero-order valence-electron chi connectivity index (χ0n) is 11.2. The highest BCUT2D eigenvalue weighted by Gasteiger charge is 2.15. The summed E-state index contributed by atoms with van der Waals surface area (Å²) >= 11 is 0. The molecule has 0 amide bonds. The number of benzene rings is 1. The number of hydrogen-bond donors (Lipinski definition) is 1. The van der Waals surface area contributed by atoms with Gasteiger partial charge in [-0.25, -0.2) is 8.42 Å². The lowest BCUT2D eigenvalue weighted by Gasteiger charge is -2.09. The van der Waals surface area contributed by atoms with Crippen molar-refractivity contribution in [1.29, 1.82) is 0 Å². The monoisotopic (exact) mass is 299 g/mol. The lowest BCUT2D eigenvalue weighted by molar-refractivity contribution is -0.140. The van der Waals surface area contributed by atoms with Crippen LogP contribution < -0.4 is 9.46 Å². The molecule has 0 aliphatic carbocycles. The van der Waals surface area contributed by atoms with Crippen LogP contribution in [0.3, 0.4) is 0 Å². The molecule has 1 aliphatic rings. The summed E-state index contributed by atoms with van der Waals surface area (Å²) in [6.07, 6.45) is 1.11. The van der Waals surface area contributed by atoms with Crippen molar-refractivity contribution in [2.24, 2.45) is 0 Å². The van der Waals surface area contributed by atoms with E-state index in [9.17, 15) is 13.2 Å². The van der Waals surface area contributed by atoms with Crippen molar-refractivity contribution in [3.8, 4) is 5.75 Å². The fraction of sp³-hybridized carbons (Fsp3) is 0.462. The van der Waals surface area contributed by atoms with Crippen molar-refractivity contribution in [2.45, 2.75) is 19.3 Å². The van der Waals surface area contributed by atoms with Crippen LogP contribution in [0.4, 0.5) is 5.69 Å². The summed E-state index contributed by atoms with van der Waals surface area (Å²) in [6, 6.07) is 5.21. The second-order valence-corrected chi connectivity index (χ2v) is 6.36. The zero-order chi connectivity index (χ0) is 14.6. The van der Waals surface area contributed by atoms with Gasteiger partial charge < -0.3 is 9.47 Å². The Hall–Kier alpha value is -1.76. The molecule has 0 unspecified atom stereocenters. The van der Waals surface area contributed by atoms with Crippen LogP contribution in [0.2, 0.25) is 0 Å². The van der Waals surface area contributed by atoms with E-state index in [0.717, 1.165) is 17.7 Å². The van der Waals surface area contributed by atoms with Gasteiger partial charge in [-0.15, -0.1) is 0 Å². The Labute approximate surface area is 118 Å². The molecule has 0 saturated carbocycles. The van der Waals surface area contributed by atoms with Gasteiger partial charge in [-0.1, -0.05) is 0 Å². The second-order valence-electron chi connectivity index (χ2n) is 4.52. The number of rotatable bonds is 6. The van der Waals surface area contributed by atoms with E-state index >= 15 is 0 Å². The molecule has 0 saturated heterocycles. The highest BCUT2D eigenvalue weighted by Crippen LogP contribution is 2.28. The third-order valence-corrected chi connectivity index (χ3v) is 4.36. The molecule has 1 N–H and O–H groups in total. The average molecular weight is 299 g/mol. The smallest absolute Gasteiger partial charge is 0.305 e. The highest BCUT2D eigenvalue weighted by molar-refractivity contribution is 7.92. The topological polar surface area (TPSA) is 81.7 Å². The van der Waals surface area contributed by atoms with Crippen LogP contribution in [0.1, 0.15) is 18.4 Å². The predicted molar refractivity (Wildman–Crippen MR) is 74.3 cm³/mol. The van der Waals surface area contributed by atoms with Gasteiger partial charge in [-0.3, -0.25) is 9.52 Å². The molecule has 20 heavy (non-hydrogen) atoms. The van der Waals surface area contributed by atoms with Gasteiger partial charge in [0.2, 0.25) is 10.0 Å². The maximum atomic E-state index is 11.9. The second kappa shape index (κ2) is 6.13. The average Bonchev–Trinajstić information content (AvgIpc) is 2.85. The van der Waals surface area contributed by atoms with E-state index < -0.39 is 16.0 Å².